The Bertz CT molecular complexity index is 567. The van der Waals surface area contributed by atoms with Crippen molar-refractivity contribution >= 4 is 33.3 Å². The number of piperidine rings is 1. The van der Waals surface area contributed by atoms with Crippen molar-refractivity contribution in [1.82, 2.24) is 0 Å². The molecule has 0 aromatic heterocycles. The van der Waals surface area contributed by atoms with Crippen LogP contribution in [0.4, 0.5) is 15.8 Å². The SMILES string of the molecule is O=C(O)C1CCCCN1c1cc(Br)c(F)cc1[N+](=O)[O-]. The summed E-state index contributed by atoms with van der Waals surface area (Å²) in [6.07, 6.45) is 1.92. The Hall–Kier alpha value is -1.70. The van der Waals surface area contributed by atoms with Crippen LogP contribution in [0.1, 0.15) is 19.3 Å². The van der Waals surface area contributed by atoms with E-state index in [4.69, 9.17) is 0 Å². The largest absolute Gasteiger partial charge is 0.480 e. The molecule has 6 nitrogen and oxygen atoms in total. The van der Waals surface area contributed by atoms with Gasteiger partial charge in [0.15, 0.2) is 0 Å². The second-order valence-electron chi connectivity index (χ2n) is 4.56. The summed E-state index contributed by atoms with van der Waals surface area (Å²) in [5.41, 5.74) is -0.283. The van der Waals surface area contributed by atoms with Gasteiger partial charge in [-0.15, -0.1) is 0 Å². The van der Waals surface area contributed by atoms with Gasteiger partial charge in [0.1, 0.15) is 17.5 Å². The fourth-order valence-electron chi connectivity index (χ4n) is 2.38. The standard InChI is InChI=1S/C12H12BrFN2O4/c13-7-5-10(11(16(19)20)6-8(7)14)15-4-2-1-3-9(15)12(17)18/h5-6,9H,1-4H2,(H,17,18). The quantitative estimate of drug-likeness (QED) is 0.671. The Morgan fingerprint density at radius 1 is 1.50 bits per heavy atom. The highest BCUT2D eigenvalue weighted by molar-refractivity contribution is 9.10. The van der Waals surface area contributed by atoms with E-state index < -0.39 is 28.4 Å². The Balaban J connectivity index is 2.51. The molecule has 8 heteroatoms. The van der Waals surface area contributed by atoms with Gasteiger partial charge in [0.2, 0.25) is 0 Å². The fraction of sp³-hybridized carbons (Fsp3) is 0.417. The van der Waals surface area contributed by atoms with Gasteiger partial charge in [-0.1, -0.05) is 0 Å². The molecule has 20 heavy (non-hydrogen) atoms. The number of carboxylic acids is 1. The highest BCUT2D eigenvalue weighted by atomic mass is 79.9. The van der Waals surface area contributed by atoms with Crippen LogP contribution in [0.2, 0.25) is 0 Å². The van der Waals surface area contributed by atoms with Crippen LogP contribution in [0, 0.1) is 15.9 Å². The highest BCUT2D eigenvalue weighted by Crippen LogP contribution is 2.36. The number of anilines is 1. The van der Waals surface area contributed by atoms with E-state index in [2.05, 4.69) is 15.9 Å². The van der Waals surface area contributed by atoms with Gasteiger partial charge < -0.3 is 10.0 Å². The average molecular weight is 347 g/mol. The number of benzene rings is 1. The molecule has 0 aliphatic carbocycles. The zero-order valence-corrected chi connectivity index (χ0v) is 12.0. The molecule has 0 amide bonds. The van der Waals surface area contributed by atoms with Crippen molar-refractivity contribution in [3.8, 4) is 0 Å². The Morgan fingerprint density at radius 2 is 2.20 bits per heavy atom. The molecule has 1 atom stereocenters. The molecule has 108 valence electrons. The molecule has 0 bridgehead atoms. The minimum absolute atomic E-state index is 0.0767. The van der Waals surface area contributed by atoms with E-state index in [1.807, 2.05) is 0 Å². The maximum atomic E-state index is 13.5. The number of rotatable bonds is 3. The first kappa shape index (κ1) is 14.7. The lowest BCUT2D eigenvalue weighted by atomic mass is 10.0. The van der Waals surface area contributed by atoms with Crippen molar-refractivity contribution in [3.63, 3.8) is 0 Å². The number of carbonyl (C=O) groups is 1. The summed E-state index contributed by atoms with van der Waals surface area (Å²) in [5, 5.41) is 20.3. The predicted molar refractivity (Wildman–Crippen MR) is 73.4 cm³/mol. The molecule has 0 saturated carbocycles. The molecule has 1 aromatic rings. The number of hydrogen-bond donors (Lipinski definition) is 1. The van der Waals surface area contributed by atoms with Crippen molar-refractivity contribution in [2.24, 2.45) is 0 Å². The summed E-state index contributed by atoms with van der Waals surface area (Å²) in [4.78, 5) is 23.1. The first-order chi connectivity index (χ1) is 9.41. The number of nitro groups is 1. The van der Waals surface area contributed by atoms with Crippen LogP contribution in [-0.4, -0.2) is 28.6 Å². The van der Waals surface area contributed by atoms with Crippen molar-refractivity contribution in [1.29, 1.82) is 0 Å². The smallest absolute Gasteiger partial charge is 0.326 e. The first-order valence-electron chi connectivity index (χ1n) is 6.04. The van der Waals surface area contributed by atoms with Crippen LogP contribution < -0.4 is 4.90 Å². The molecule has 2 rings (SSSR count). The number of nitrogens with zero attached hydrogens (tertiary/aromatic N) is 2. The zero-order valence-electron chi connectivity index (χ0n) is 10.4. The van der Waals surface area contributed by atoms with Crippen LogP contribution in [0.15, 0.2) is 16.6 Å². The summed E-state index contributed by atoms with van der Waals surface area (Å²) in [5.74, 6) is -1.77. The summed E-state index contributed by atoms with van der Waals surface area (Å²) in [6.45, 7) is 0.399. The lowest BCUT2D eigenvalue weighted by Crippen LogP contribution is -2.45. The maximum Gasteiger partial charge on any atom is 0.326 e. The van der Waals surface area contributed by atoms with E-state index >= 15 is 0 Å². The molecule has 1 aromatic carbocycles. The van der Waals surface area contributed by atoms with E-state index in [1.54, 1.807) is 0 Å². The number of aliphatic carboxylic acids is 1. The third-order valence-corrected chi connectivity index (χ3v) is 3.92. The van der Waals surface area contributed by atoms with Gasteiger partial charge >= 0.3 is 5.97 Å². The lowest BCUT2D eigenvalue weighted by molar-refractivity contribution is -0.384. The van der Waals surface area contributed by atoms with Crippen molar-refractivity contribution in [2.75, 3.05) is 11.4 Å². The number of hydrogen-bond acceptors (Lipinski definition) is 4. The van der Waals surface area contributed by atoms with Crippen LogP contribution in [0.3, 0.4) is 0 Å². The van der Waals surface area contributed by atoms with E-state index in [0.29, 0.717) is 13.0 Å². The van der Waals surface area contributed by atoms with Crippen LogP contribution in [0.25, 0.3) is 0 Å². The second kappa shape index (κ2) is 5.74. The van der Waals surface area contributed by atoms with Gasteiger partial charge in [-0.3, -0.25) is 10.1 Å². The van der Waals surface area contributed by atoms with Crippen LogP contribution >= 0.6 is 15.9 Å². The molecule has 1 unspecified atom stereocenters. The van der Waals surface area contributed by atoms with Crippen LogP contribution in [0.5, 0.6) is 0 Å². The van der Waals surface area contributed by atoms with Gasteiger partial charge in [-0.25, -0.2) is 9.18 Å². The van der Waals surface area contributed by atoms with Gasteiger partial charge in [0.25, 0.3) is 5.69 Å². The molecule has 1 fully saturated rings. The molecular weight excluding hydrogens is 335 g/mol. The monoisotopic (exact) mass is 346 g/mol. The first-order valence-corrected chi connectivity index (χ1v) is 6.84. The summed E-state index contributed by atoms with van der Waals surface area (Å²) in [7, 11) is 0. The van der Waals surface area contributed by atoms with Gasteiger partial charge in [-0.05, 0) is 41.3 Å². The molecular formula is C12H12BrFN2O4. The summed E-state index contributed by atoms with van der Waals surface area (Å²) < 4.78 is 13.5. The van der Waals surface area contributed by atoms with Crippen molar-refractivity contribution < 1.29 is 19.2 Å². The molecule has 1 N–H and O–H groups in total. The minimum Gasteiger partial charge on any atom is -0.480 e. The Kier molecular flexibility index (Phi) is 4.22. The molecule has 1 aliphatic heterocycles. The molecule has 1 aliphatic rings. The van der Waals surface area contributed by atoms with Gasteiger partial charge in [-0.2, -0.15) is 0 Å². The van der Waals surface area contributed by atoms with Gasteiger partial charge in [0.05, 0.1) is 15.5 Å². The number of carboxylic acid groups (broad SMARTS) is 1. The average Bonchev–Trinajstić information content (AvgIpc) is 2.41. The fourth-order valence-corrected chi connectivity index (χ4v) is 2.71. The number of nitro benzene ring substituents is 1. The normalized spacial score (nSPS) is 18.9. The lowest BCUT2D eigenvalue weighted by Gasteiger charge is -2.34. The van der Waals surface area contributed by atoms with Gasteiger partial charge in [0, 0.05) is 6.54 Å². The van der Waals surface area contributed by atoms with Crippen molar-refractivity contribution in [2.45, 2.75) is 25.3 Å². The summed E-state index contributed by atoms with van der Waals surface area (Å²) in [6, 6.07) is 1.27. The third kappa shape index (κ3) is 2.74. The number of halogens is 2. The molecule has 0 spiro atoms. The van der Waals surface area contributed by atoms with E-state index in [9.17, 15) is 24.4 Å². The van der Waals surface area contributed by atoms with E-state index in [1.165, 1.54) is 11.0 Å². The third-order valence-electron chi connectivity index (χ3n) is 3.31. The Labute approximate surface area is 122 Å². The topological polar surface area (TPSA) is 83.7 Å². The van der Waals surface area contributed by atoms with Crippen molar-refractivity contribution in [3.05, 3.63) is 32.5 Å². The minimum atomic E-state index is -1.03. The molecule has 0 radical (unpaired) electrons. The molecule has 1 heterocycles. The van der Waals surface area contributed by atoms with E-state index in [-0.39, 0.29) is 10.2 Å². The second-order valence-corrected chi connectivity index (χ2v) is 5.41. The highest BCUT2D eigenvalue weighted by Gasteiger charge is 2.33. The predicted octanol–water partition coefficient (Wildman–Crippen LogP) is 2.94. The zero-order chi connectivity index (χ0) is 14.9. The maximum absolute atomic E-state index is 13.5. The summed E-state index contributed by atoms with van der Waals surface area (Å²) >= 11 is 2.98. The van der Waals surface area contributed by atoms with E-state index in [0.717, 1.165) is 18.9 Å². The van der Waals surface area contributed by atoms with Crippen LogP contribution in [-0.2, 0) is 4.79 Å². The Morgan fingerprint density at radius 3 is 2.80 bits per heavy atom. The molecule has 1 saturated heterocycles.